The SMILES string of the molecule is CCS(=O)(=O)c1cccc(C(N)=O)c1. The third-order valence-electron chi connectivity index (χ3n) is 1.86. The lowest BCUT2D eigenvalue weighted by Gasteiger charge is -2.02. The minimum absolute atomic E-state index is 0.00914. The van der Waals surface area contributed by atoms with Crippen molar-refractivity contribution in [1.29, 1.82) is 0 Å². The predicted molar refractivity (Wildman–Crippen MR) is 52.7 cm³/mol. The molecule has 14 heavy (non-hydrogen) atoms. The molecular weight excluding hydrogens is 202 g/mol. The van der Waals surface area contributed by atoms with E-state index in [9.17, 15) is 13.2 Å². The lowest BCUT2D eigenvalue weighted by atomic mass is 10.2. The van der Waals surface area contributed by atoms with Crippen molar-refractivity contribution < 1.29 is 13.2 Å². The summed E-state index contributed by atoms with van der Waals surface area (Å²) in [7, 11) is -3.26. The first-order valence-electron chi connectivity index (χ1n) is 4.10. The number of primary amides is 1. The molecule has 0 spiro atoms. The minimum atomic E-state index is -3.26. The fourth-order valence-corrected chi connectivity index (χ4v) is 1.94. The standard InChI is InChI=1S/C9H11NO3S/c1-2-14(12,13)8-5-3-4-7(6-8)9(10)11/h3-6H,2H2,1H3,(H2,10,11). The van der Waals surface area contributed by atoms with Crippen molar-refractivity contribution in [3.8, 4) is 0 Å². The van der Waals surface area contributed by atoms with E-state index in [2.05, 4.69) is 0 Å². The molecular formula is C9H11NO3S. The summed E-state index contributed by atoms with van der Waals surface area (Å²) in [5.74, 6) is -0.618. The Hall–Kier alpha value is -1.36. The van der Waals surface area contributed by atoms with Crippen LogP contribution in [0.15, 0.2) is 29.2 Å². The summed E-state index contributed by atoms with van der Waals surface area (Å²) in [6.07, 6.45) is 0. The van der Waals surface area contributed by atoms with Crippen LogP contribution in [0.2, 0.25) is 0 Å². The Morgan fingerprint density at radius 1 is 1.43 bits per heavy atom. The number of sulfone groups is 1. The predicted octanol–water partition coefficient (Wildman–Crippen LogP) is 0.579. The van der Waals surface area contributed by atoms with E-state index in [4.69, 9.17) is 5.73 Å². The van der Waals surface area contributed by atoms with E-state index >= 15 is 0 Å². The largest absolute Gasteiger partial charge is 0.366 e. The molecule has 0 aromatic heterocycles. The maximum absolute atomic E-state index is 11.4. The second kappa shape index (κ2) is 3.79. The second-order valence-electron chi connectivity index (χ2n) is 2.80. The quantitative estimate of drug-likeness (QED) is 0.797. The summed E-state index contributed by atoms with van der Waals surface area (Å²) in [4.78, 5) is 10.9. The van der Waals surface area contributed by atoms with Gasteiger partial charge in [-0.1, -0.05) is 13.0 Å². The summed E-state index contributed by atoms with van der Waals surface area (Å²) >= 11 is 0. The van der Waals surface area contributed by atoms with Gasteiger partial charge < -0.3 is 5.73 Å². The van der Waals surface area contributed by atoms with E-state index in [1.807, 2.05) is 0 Å². The summed E-state index contributed by atoms with van der Waals surface area (Å²) < 4.78 is 22.8. The van der Waals surface area contributed by atoms with Gasteiger partial charge in [0.15, 0.2) is 9.84 Å². The number of rotatable bonds is 3. The smallest absolute Gasteiger partial charge is 0.248 e. The van der Waals surface area contributed by atoms with Crippen LogP contribution in [-0.4, -0.2) is 20.1 Å². The van der Waals surface area contributed by atoms with Gasteiger partial charge in [0, 0.05) is 5.56 Å². The number of carbonyl (C=O) groups is 1. The zero-order chi connectivity index (χ0) is 10.8. The molecule has 0 unspecified atom stereocenters. The van der Waals surface area contributed by atoms with Gasteiger partial charge in [0.2, 0.25) is 5.91 Å². The van der Waals surface area contributed by atoms with Crippen LogP contribution in [-0.2, 0) is 9.84 Å². The highest BCUT2D eigenvalue weighted by molar-refractivity contribution is 7.91. The summed E-state index contributed by atoms with van der Waals surface area (Å²) in [6.45, 7) is 1.55. The van der Waals surface area contributed by atoms with Gasteiger partial charge in [-0.15, -0.1) is 0 Å². The number of benzene rings is 1. The van der Waals surface area contributed by atoms with Crippen LogP contribution >= 0.6 is 0 Å². The lowest BCUT2D eigenvalue weighted by molar-refractivity contribution is 0.1000. The molecule has 2 N–H and O–H groups in total. The van der Waals surface area contributed by atoms with Crippen LogP contribution < -0.4 is 5.73 Å². The fourth-order valence-electron chi connectivity index (χ4n) is 1.01. The molecule has 0 heterocycles. The molecule has 0 aliphatic rings. The zero-order valence-electron chi connectivity index (χ0n) is 7.73. The number of carbonyl (C=O) groups excluding carboxylic acids is 1. The lowest BCUT2D eigenvalue weighted by Crippen LogP contribution is -2.12. The van der Waals surface area contributed by atoms with Crippen LogP contribution in [0.3, 0.4) is 0 Å². The highest BCUT2D eigenvalue weighted by Crippen LogP contribution is 2.12. The molecule has 1 rings (SSSR count). The maximum Gasteiger partial charge on any atom is 0.248 e. The van der Waals surface area contributed by atoms with Crippen molar-refractivity contribution in [1.82, 2.24) is 0 Å². The Morgan fingerprint density at radius 2 is 2.07 bits per heavy atom. The van der Waals surface area contributed by atoms with Crippen molar-refractivity contribution in [2.75, 3.05) is 5.75 Å². The Kier molecular flexibility index (Phi) is 2.90. The first-order valence-corrected chi connectivity index (χ1v) is 5.75. The molecule has 0 radical (unpaired) electrons. The normalized spacial score (nSPS) is 11.2. The van der Waals surface area contributed by atoms with Crippen LogP contribution in [0.5, 0.6) is 0 Å². The monoisotopic (exact) mass is 213 g/mol. The van der Waals surface area contributed by atoms with Gasteiger partial charge in [-0.2, -0.15) is 0 Å². The van der Waals surface area contributed by atoms with Crippen molar-refractivity contribution in [3.05, 3.63) is 29.8 Å². The molecule has 0 aliphatic heterocycles. The Balaban J connectivity index is 3.26. The molecule has 1 aromatic rings. The van der Waals surface area contributed by atoms with Crippen molar-refractivity contribution in [2.24, 2.45) is 5.73 Å². The third kappa shape index (κ3) is 2.11. The molecule has 0 atom stereocenters. The van der Waals surface area contributed by atoms with E-state index in [1.54, 1.807) is 6.92 Å². The van der Waals surface area contributed by atoms with Crippen molar-refractivity contribution in [3.63, 3.8) is 0 Å². The number of amides is 1. The van der Waals surface area contributed by atoms with Gasteiger partial charge in [0.05, 0.1) is 10.6 Å². The topological polar surface area (TPSA) is 77.2 Å². The van der Waals surface area contributed by atoms with E-state index < -0.39 is 15.7 Å². The van der Waals surface area contributed by atoms with Crippen LogP contribution in [0.1, 0.15) is 17.3 Å². The highest BCUT2D eigenvalue weighted by Gasteiger charge is 2.12. The number of hydrogen-bond donors (Lipinski definition) is 1. The molecule has 76 valence electrons. The first kappa shape index (κ1) is 10.7. The van der Waals surface area contributed by atoms with Gasteiger partial charge in [-0.25, -0.2) is 8.42 Å². The Morgan fingerprint density at radius 3 is 2.57 bits per heavy atom. The highest BCUT2D eigenvalue weighted by atomic mass is 32.2. The Labute approximate surface area is 82.7 Å². The average molecular weight is 213 g/mol. The molecule has 1 aromatic carbocycles. The molecule has 0 saturated heterocycles. The number of nitrogens with two attached hydrogens (primary N) is 1. The molecule has 0 aliphatic carbocycles. The van der Waals surface area contributed by atoms with E-state index in [0.717, 1.165) is 0 Å². The molecule has 0 saturated carbocycles. The average Bonchev–Trinajstić information content (AvgIpc) is 2.18. The Bertz CT molecular complexity index is 451. The summed E-state index contributed by atoms with van der Waals surface area (Å²) in [5.41, 5.74) is 5.24. The second-order valence-corrected chi connectivity index (χ2v) is 5.07. The molecule has 0 bridgehead atoms. The van der Waals surface area contributed by atoms with Crippen molar-refractivity contribution in [2.45, 2.75) is 11.8 Å². The zero-order valence-corrected chi connectivity index (χ0v) is 8.54. The van der Waals surface area contributed by atoms with E-state index in [-0.39, 0.29) is 16.2 Å². The van der Waals surface area contributed by atoms with Gasteiger partial charge >= 0.3 is 0 Å². The minimum Gasteiger partial charge on any atom is -0.366 e. The van der Waals surface area contributed by atoms with Gasteiger partial charge in [0.25, 0.3) is 0 Å². The molecule has 0 fully saturated rings. The summed E-state index contributed by atoms with van der Waals surface area (Å²) in [5, 5.41) is 0. The maximum atomic E-state index is 11.4. The summed E-state index contributed by atoms with van der Waals surface area (Å²) in [6, 6.07) is 5.73. The van der Waals surface area contributed by atoms with Crippen molar-refractivity contribution >= 4 is 15.7 Å². The van der Waals surface area contributed by atoms with Gasteiger partial charge in [-0.05, 0) is 18.2 Å². The van der Waals surface area contributed by atoms with E-state index in [1.165, 1.54) is 24.3 Å². The van der Waals surface area contributed by atoms with E-state index in [0.29, 0.717) is 0 Å². The van der Waals surface area contributed by atoms with Gasteiger partial charge in [0.1, 0.15) is 0 Å². The fraction of sp³-hybridized carbons (Fsp3) is 0.222. The van der Waals surface area contributed by atoms with Crippen LogP contribution in [0.4, 0.5) is 0 Å². The molecule has 4 nitrogen and oxygen atoms in total. The molecule has 5 heteroatoms. The van der Waals surface area contributed by atoms with Gasteiger partial charge in [-0.3, -0.25) is 4.79 Å². The molecule has 1 amide bonds. The third-order valence-corrected chi connectivity index (χ3v) is 3.59. The first-order chi connectivity index (χ1) is 6.47. The number of hydrogen-bond acceptors (Lipinski definition) is 3. The van der Waals surface area contributed by atoms with Crippen LogP contribution in [0.25, 0.3) is 0 Å². The van der Waals surface area contributed by atoms with Crippen LogP contribution in [0, 0.1) is 0 Å².